The van der Waals surface area contributed by atoms with E-state index >= 15 is 0 Å². The van der Waals surface area contributed by atoms with Crippen molar-refractivity contribution in [1.29, 1.82) is 0 Å². The zero-order valence-electron chi connectivity index (χ0n) is 6.42. The van der Waals surface area contributed by atoms with E-state index in [0.29, 0.717) is 0 Å². The third-order valence-electron chi connectivity index (χ3n) is 1.92. The Labute approximate surface area is 70.7 Å². The third-order valence-corrected chi connectivity index (χ3v) is 2.55. The lowest BCUT2D eigenvalue weighted by Gasteiger charge is -1.98. The molecule has 1 heterocycles. The molecule has 1 N–H and O–H groups in total. The van der Waals surface area contributed by atoms with Gasteiger partial charge in [-0.25, -0.2) is 4.98 Å². The Balaban J connectivity index is 1.66. The van der Waals surface area contributed by atoms with Crippen molar-refractivity contribution in [3.05, 3.63) is 16.6 Å². The lowest BCUT2D eigenvalue weighted by Crippen LogP contribution is -2.16. The summed E-state index contributed by atoms with van der Waals surface area (Å²) in [6.07, 6.45) is 2.84. The molecule has 1 aromatic rings. The molecule has 0 atom stereocenters. The molecule has 1 fully saturated rings. The van der Waals surface area contributed by atoms with Gasteiger partial charge in [-0.1, -0.05) is 0 Å². The van der Waals surface area contributed by atoms with Crippen molar-refractivity contribution in [3.63, 3.8) is 0 Å². The Morgan fingerprint density at radius 1 is 1.64 bits per heavy atom. The van der Waals surface area contributed by atoms with Crippen LogP contribution in [0.5, 0.6) is 0 Å². The van der Waals surface area contributed by atoms with Crippen LogP contribution in [0.4, 0.5) is 0 Å². The Kier molecular flexibility index (Phi) is 2.19. The second-order valence-corrected chi connectivity index (χ2v) is 3.77. The summed E-state index contributed by atoms with van der Waals surface area (Å²) in [5.74, 6) is 0.966. The van der Waals surface area contributed by atoms with Gasteiger partial charge < -0.3 is 5.32 Å². The molecule has 0 unspecified atom stereocenters. The molecule has 0 aromatic carbocycles. The summed E-state index contributed by atoms with van der Waals surface area (Å²) in [5, 5.41) is 5.49. The maximum absolute atomic E-state index is 4.19. The lowest BCUT2D eigenvalue weighted by molar-refractivity contribution is 0.632. The molecule has 60 valence electrons. The molecule has 1 aromatic heterocycles. The molecule has 0 amide bonds. The van der Waals surface area contributed by atoms with Crippen LogP contribution in [-0.4, -0.2) is 11.5 Å². The normalized spacial score (nSPS) is 17.1. The molecule has 3 heteroatoms. The van der Waals surface area contributed by atoms with Crippen LogP contribution in [0, 0.1) is 5.92 Å². The number of rotatable bonds is 4. The predicted octanol–water partition coefficient (Wildman–Crippen LogP) is 1.64. The fraction of sp³-hybridized carbons (Fsp3) is 0.625. The van der Waals surface area contributed by atoms with Crippen molar-refractivity contribution >= 4 is 11.3 Å². The van der Waals surface area contributed by atoms with E-state index in [-0.39, 0.29) is 0 Å². The first-order valence-corrected chi connectivity index (χ1v) is 4.97. The van der Waals surface area contributed by atoms with Gasteiger partial charge >= 0.3 is 0 Å². The lowest BCUT2D eigenvalue weighted by atomic mass is 10.4. The zero-order chi connectivity index (χ0) is 7.52. The fourth-order valence-electron chi connectivity index (χ4n) is 1.05. The van der Waals surface area contributed by atoms with Gasteiger partial charge in [-0.15, -0.1) is 11.3 Å². The van der Waals surface area contributed by atoms with E-state index in [1.165, 1.54) is 25.1 Å². The number of hydrogen-bond acceptors (Lipinski definition) is 3. The zero-order valence-corrected chi connectivity index (χ0v) is 7.23. The molecule has 0 radical (unpaired) electrons. The molecule has 1 aliphatic rings. The Bertz CT molecular complexity index is 204. The topological polar surface area (TPSA) is 24.9 Å². The van der Waals surface area contributed by atoms with Gasteiger partial charge in [0.15, 0.2) is 0 Å². The molecule has 0 aliphatic heterocycles. The molecular formula is C8H12N2S. The van der Waals surface area contributed by atoms with Gasteiger partial charge in [0.05, 0.1) is 11.2 Å². The SMILES string of the molecule is c1nc(CNCC2CC2)cs1. The molecular weight excluding hydrogens is 156 g/mol. The van der Waals surface area contributed by atoms with Crippen molar-refractivity contribution in [2.24, 2.45) is 5.92 Å². The van der Waals surface area contributed by atoms with E-state index < -0.39 is 0 Å². The Hall–Kier alpha value is -0.410. The standard InChI is InChI=1S/C8H12N2S/c1-2-7(1)3-9-4-8-5-11-6-10-8/h5-7,9H,1-4H2. The Morgan fingerprint density at radius 3 is 3.18 bits per heavy atom. The van der Waals surface area contributed by atoms with Crippen LogP contribution >= 0.6 is 11.3 Å². The van der Waals surface area contributed by atoms with E-state index in [4.69, 9.17) is 0 Å². The number of nitrogens with zero attached hydrogens (tertiary/aromatic N) is 1. The van der Waals surface area contributed by atoms with Crippen molar-refractivity contribution in [1.82, 2.24) is 10.3 Å². The van der Waals surface area contributed by atoms with Gasteiger partial charge in [-0.3, -0.25) is 0 Å². The average molecular weight is 168 g/mol. The molecule has 1 aliphatic carbocycles. The first kappa shape index (κ1) is 7.25. The van der Waals surface area contributed by atoms with Crippen LogP contribution in [0.3, 0.4) is 0 Å². The molecule has 0 spiro atoms. The van der Waals surface area contributed by atoms with Crippen molar-refractivity contribution in [3.8, 4) is 0 Å². The molecule has 2 rings (SSSR count). The maximum atomic E-state index is 4.19. The summed E-state index contributed by atoms with van der Waals surface area (Å²) in [7, 11) is 0. The van der Waals surface area contributed by atoms with Crippen LogP contribution < -0.4 is 5.32 Å². The van der Waals surface area contributed by atoms with Crippen LogP contribution in [-0.2, 0) is 6.54 Å². The van der Waals surface area contributed by atoms with Gasteiger partial charge in [-0.05, 0) is 25.3 Å². The first-order valence-electron chi connectivity index (χ1n) is 4.03. The number of aromatic nitrogens is 1. The average Bonchev–Trinajstić information content (AvgIpc) is 2.66. The number of thiazole rings is 1. The third kappa shape index (κ3) is 2.27. The second-order valence-electron chi connectivity index (χ2n) is 3.05. The van der Waals surface area contributed by atoms with Gasteiger partial charge in [0.2, 0.25) is 0 Å². The molecule has 1 saturated carbocycles. The molecule has 2 nitrogen and oxygen atoms in total. The van der Waals surface area contributed by atoms with Gasteiger partial charge in [-0.2, -0.15) is 0 Å². The summed E-state index contributed by atoms with van der Waals surface area (Å²) in [6, 6.07) is 0. The predicted molar refractivity (Wildman–Crippen MR) is 46.5 cm³/mol. The van der Waals surface area contributed by atoms with E-state index in [9.17, 15) is 0 Å². The van der Waals surface area contributed by atoms with Crippen molar-refractivity contribution in [2.75, 3.05) is 6.54 Å². The van der Waals surface area contributed by atoms with E-state index in [1.54, 1.807) is 11.3 Å². The Morgan fingerprint density at radius 2 is 2.55 bits per heavy atom. The van der Waals surface area contributed by atoms with Crippen molar-refractivity contribution < 1.29 is 0 Å². The van der Waals surface area contributed by atoms with Gasteiger partial charge in [0, 0.05) is 11.9 Å². The summed E-state index contributed by atoms with van der Waals surface area (Å²) >= 11 is 1.66. The van der Waals surface area contributed by atoms with Crippen LogP contribution in [0.1, 0.15) is 18.5 Å². The highest BCUT2D eigenvalue weighted by atomic mass is 32.1. The minimum atomic E-state index is 0.944. The smallest absolute Gasteiger partial charge is 0.0795 e. The molecule has 11 heavy (non-hydrogen) atoms. The van der Waals surface area contributed by atoms with Crippen LogP contribution in [0.15, 0.2) is 10.9 Å². The molecule has 0 bridgehead atoms. The van der Waals surface area contributed by atoms with E-state index in [1.807, 2.05) is 5.51 Å². The minimum Gasteiger partial charge on any atom is -0.311 e. The second kappa shape index (κ2) is 3.32. The quantitative estimate of drug-likeness (QED) is 0.739. The number of nitrogens with one attached hydrogen (secondary N) is 1. The molecule has 0 saturated heterocycles. The first-order chi connectivity index (χ1) is 5.45. The summed E-state index contributed by atoms with van der Waals surface area (Å²) in [5.41, 5.74) is 3.06. The van der Waals surface area contributed by atoms with Gasteiger partial charge in [0.1, 0.15) is 0 Å². The highest BCUT2D eigenvalue weighted by molar-refractivity contribution is 7.07. The highest BCUT2D eigenvalue weighted by Crippen LogP contribution is 2.27. The van der Waals surface area contributed by atoms with E-state index in [2.05, 4.69) is 15.7 Å². The van der Waals surface area contributed by atoms with E-state index in [0.717, 1.165) is 12.5 Å². The highest BCUT2D eigenvalue weighted by Gasteiger charge is 2.20. The van der Waals surface area contributed by atoms with Gasteiger partial charge in [0.25, 0.3) is 0 Å². The largest absolute Gasteiger partial charge is 0.311 e. The summed E-state index contributed by atoms with van der Waals surface area (Å²) in [4.78, 5) is 4.19. The van der Waals surface area contributed by atoms with Crippen molar-refractivity contribution in [2.45, 2.75) is 19.4 Å². The monoisotopic (exact) mass is 168 g/mol. The summed E-state index contributed by atoms with van der Waals surface area (Å²) < 4.78 is 0. The van der Waals surface area contributed by atoms with Crippen LogP contribution in [0.25, 0.3) is 0 Å². The minimum absolute atomic E-state index is 0.944. The van der Waals surface area contributed by atoms with Crippen LogP contribution in [0.2, 0.25) is 0 Å². The summed E-state index contributed by atoms with van der Waals surface area (Å²) in [6.45, 7) is 2.12. The maximum Gasteiger partial charge on any atom is 0.0795 e. The number of hydrogen-bond donors (Lipinski definition) is 1. The fourth-order valence-corrected chi connectivity index (χ4v) is 1.61.